The van der Waals surface area contributed by atoms with Crippen LogP contribution in [0.4, 0.5) is 11.4 Å². The van der Waals surface area contributed by atoms with Gasteiger partial charge in [-0.3, -0.25) is 0 Å². The lowest BCUT2D eigenvalue weighted by Crippen LogP contribution is -2.15. The van der Waals surface area contributed by atoms with Crippen molar-refractivity contribution in [3.05, 3.63) is 96.2 Å². The molecule has 1 heterocycles. The van der Waals surface area contributed by atoms with Crippen LogP contribution in [-0.2, 0) is 6.42 Å². The summed E-state index contributed by atoms with van der Waals surface area (Å²) in [5.74, 6) is 0. The van der Waals surface area contributed by atoms with Gasteiger partial charge in [-0.2, -0.15) is 0 Å². The van der Waals surface area contributed by atoms with Crippen molar-refractivity contribution in [1.82, 2.24) is 0 Å². The molecule has 0 saturated carbocycles. The van der Waals surface area contributed by atoms with E-state index in [0.29, 0.717) is 0 Å². The van der Waals surface area contributed by atoms with Crippen molar-refractivity contribution in [1.29, 1.82) is 0 Å². The van der Waals surface area contributed by atoms with Crippen molar-refractivity contribution in [3.8, 4) is 0 Å². The smallest absolute Gasteiger partial charge is 0.0496 e. The monoisotopic (exact) mass is 273 g/mol. The quantitative estimate of drug-likeness (QED) is 0.680. The van der Waals surface area contributed by atoms with Gasteiger partial charge >= 0.3 is 0 Å². The summed E-state index contributed by atoms with van der Waals surface area (Å²) in [5, 5.41) is 0. The molecule has 0 bridgehead atoms. The summed E-state index contributed by atoms with van der Waals surface area (Å²) in [5.41, 5.74) is 5.88. The Morgan fingerprint density at radius 3 is 2.71 bits per heavy atom. The third-order valence-electron chi connectivity index (χ3n) is 3.65. The number of hydrogen-bond acceptors (Lipinski definition) is 1. The topological polar surface area (TPSA) is 3.24 Å². The molecule has 1 aliphatic rings. The lowest BCUT2D eigenvalue weighted by molar-refractivity contribution is 1.16. The van der Waals surface area contributed by atoms with Gasteiger partial charge < -0.3 is 4.90 Å². The summed E-state index contributed by atoms with van der Waals surface area (Å²) in [6.07, 6.45) is 9.30. The summed E-state index contributed by atoms with van der Waals surface area (Å²) >= 11 is 0. The fraction of sp³-hybridized carbons (Fsp3) is 0.100. The van der Waals surface area contributed by atoms with Crippen LogP contribution in [0, 0.1) is 6.92 Å². The molecule has 0 unspecified atom stereocenters. The SMILES string of the molecule is C=C1/C=C\C=C/Cc2ccccc2N1c1cccc(C)c1. The predicted molar refractivity (Wildman–Crippen MR) is 90.9 cm³/mol. The van der Waals surface area contributed by atoms with E-state index in [9.17, 15) is 0 Å². The zero-order chi connectivity index (χ0) is 14.7. The number of para-hydroxylation sites is 1. The molecule has 1 heteroatoms. The van der Waals surface area contributed by atoms with Crippen LogP contribution in [0.5, 0.6) is 0 Å². The molecule has 0 aromatic heterocycles. The maximum Gasteiger partial charge on any atom is 0.0496 e. The van der Waals surface area contributed by atoms with Crippen LogP contribution in [0.15, 0.2) is 85.1 Å². The Balaban J connectivity index is 2.18. The molecular formula is C20H19N. The van der Waals surface area contributed by atoms with E-state index < -0.39 is 0 Å². The molecular weight excluding hydrogens is 254 g/mol. The van der Waals surface area contributed by atoms with Gasteiger partial charge in [0.15, 0.2) is 0 Å². The number of fused-ring (bicyclic) bond motifs is 1. The maximum absolute atomic E-state index is 4.25. The second-order valence-corrected chi connectivity index (χ2v) is 5.29. The van der Waals surface area contributed by atoms with Crippen molar-refractivity contribution in [2.75, 3.05) is 4.90 Å². The second-order valence-electron chi connectivity index (χ2n) is 5.29. The highest BCUT2D eigenvalue weighted by Crippen LogP contribution is 2.33. The summed E-state index contributed by atoms with van der Waals surface area (Å²) in [6.45, 7) is 6.37. The van der Waals surface area contributed by atoms with Crippen molar-refractivity contribution in [2.24, 2.45) is 0 Å². The molecule has 0 fully saturated rings. The fourth-order valence-electron chi connectivity index (χ4n) is 2.64. The molecule has 2 aromatic rings. The number of benzene rings is 2. The molecule has 1 nitrogen and oxygen atoms in total. The Kier molecular flexibility index (Phi) is 3.74. The van der Waals surface area contributed by atoms with Crippen LogP contribution in [-0.4, -0.2) is 0 Å². The molecule has 21 heavy (non-hydrogen) atoms. The Hall–Kier alpha value is -2.54. The summed E-state index contributed by atoms with van der Waals surface area (Å²) in [4.78, 5) is 2.23. The average molecular weight is 273 g/mol. The predicted octanol–water partition coefficient (Wildman–Crippen LogP) is 5.32. The third kappa shape index (κ3) is 2.82. The van der Waals surface area contributed by atoms with Crippen LogP contribution >= 0.6 is 0 Å². The minimum absolute atomic E-state index is 0.927. The van der Waals surface area contributed by atoms with Crippen LogP contribution in [0.3, 0.4) is 0 Å². The standard InChI is InChI=1S/C20H19N/c1-16-9-8-13-19(15-16)21-17(2)10-4-3-5-11-18-12-6-7-14-20(18)21/h3-10,12-15H,2,11H2,1H3/b5-3-,10-4-. The van der Waals surface area contributed by atoms with Gasteiger partial charge in [0.25, 0.3) is 0 Å². The van der Waals surface area contributed by atoms with E-state index in [0.717, 1.165) is 17.8 Å². The Morgan fingerprint density at radius 1 is 1.00 bits per heavy atom. The first-order valence-electron chi connectivity index (χ1n) is 7.22. The Morgan fingerprint density at radius 2 is 1.86 bits per heavy atom. The summed E-state index contributed by atoms with van der Waals surface area (Å²) < 4.78 is 0. The highest BCUT2D eigenvalue weighted by Gasteiger charge is 2.15. The Bertz CT molecular complexity index is 722. The lowest BCUT2D eigenvalue weighted by Gasteiger charge is -2.27. The van der Waals surface area contributed by atoms with Crippen LogP contribution in [0.2, 0.25) is 0 Å². The molecule has 0 atom stereocenters. The molecule has 0 amide bonds. The maximum atomic E-state index is 4.25. The van der Waals surface area contributed by atoms with E-state index in [1.165, 1.54) is 16.8 Å². The van der Waals surface area contributed by atoms with E-state index in [1.54, 1.807) is 0 Å². The van der Waals surface area contributed by atoms with E-state index in [2.05, 4.69) is 91.2 Å². The summed E-state index contributed by atoms with van der Waals surface area (Å²) in [7, 11) is 0. The van der Waals surface area contributed by atoms with Gasteiger partial charge in [-0.05, 0) is 48.7 Å². The first-order valence-corrected chi connectivity index (χ1v) is 7.22. The van der Waals surface area contributed by atoms with E-state index >= 15 is 0 Å². The van der Waals surface area contributed by atoms with Gasteiger partial charge in [-0.15, -0.1) is 0 Å². The average Bonchev–Trinajstić information content (AvgIpc) is 2.56. The second kappa shape index (κ2) is 5.84. The molecule has 0 radical (unpaired) electrons. The van der Waals surface area contributed by atoms with Crippen molar-refractivity contribution < 1.29 is 0 Å². The van der Waals surface area contributed by atoms with Crippen molar-refractivity contribution in [2.45, 2.75) is 13.3 Å². The molecule has 0 spiro atoms. The normalized spacial score (nSPS) is 17.4. The molecule has 3 rings (SSSR count). The number of allylic oxidation sites excluding steroid dienone is 4. The zero-order valence-corrected chi connectivity index (χ0v) is 12.3. The fourth-order valence-corrected chi connectivity index (χ4v) is 2.64. The summed E-state index contributed by atoms with van der Waals surface area (Å²) in [6, 6.07) is 17.1. The van der Waals surface area contributed by atoms with Crippen LogP contribution < -0.4 is 4.90 Å². The van der Waals surface area contributed by atoms with Gasteiger partial charge in [0.1, 0.15) is 0 Å². The minimum atomic E-state index is 0.927. The molecule has 1 aliphatic heterocycles. The van der Waals surface area contributed by atoms with E-state index in [-0.39, 0.29) is 0 Å². The number of aryl methyl sites for hydroxylation is 1. The number of anilines is 2. The van der Waals surface area contributed by atoms with Crippen molar-refractivity contribution in [3.63, 3.8) is 0 Å². The van der Waals surface area contributed by atoms with Crippen molar-refractivity contribution >= 4 is 11.4 Å². The molecule has 0 aliphatic carbocycles. The first kappa shape index (κ1) is 13.4. The van der Waals surface area contributed by atoms with E-state index in [1.807, 2.05) is 0 Å². The van der Waals surface area contributed by atoms with Gasteiger partial charge in [0.2, 0.25) is 0 Å². The highest BCUT2D eigenvalue weighted by molar-refractivity contribution is 5.73. The number of rotatable bonds is 1. The highest BCUT2D eigenvalue weighted by atomic mass is 15.1. The molecule has 104 valence electrons. The Labute approximate surface area is 126 Å². The van der Waals surface area contributed by atoms with E-state index in [4.69, 9.17) is 0 Å². The van der Waals surface area contributed by atoms with Gasteiger partial charge in [-0.25, -0.2) is 0 Å². The molecule has 2 aromatic carbocycles. The number of hydrogen-bond donors (Lipinski definition) is 0. The van der Waals surface area contributed by atoms with Gasteiger partial charge in [-0.1, -0.05) is 55.1 Å². The number of nitrogens with zero attached hydrogens (tertiary/aromatic N) is 1. The zero-order valence-electron chi connectivity index (χ0n) is 12.3. The molecule has 0 N–H and O–H groups in total. The third-order valence-corrected chi connectivity index (χ3v) is 3.65. The largest absolute Gasteiger partial charge is 0.311 e. The first-order chi connectivity index (χ1) is 10.3. The van der Waals surface area contributed by atoms with Gasteiger partial charge in [0.05, 0.1) is 0 Å². The minimum Gasteiger partial charge on any atom is -0.311 e. The van der Waals surface area contributed by atoms with Crippen LogP contribution in [0.25, 0.3) is 0 Å². The lowest BCUT2D eigenvalue weighted by atomic mass is 10.1. The van der Waals surface area contributed by atoms with Crippen LogP contribution in [0.1, 0.15) is 11.1 Å². The van der Waals surface area contributed by atoms with Gasteiger partial charge in [0, 0.05) is 17.1 Å². The molecule has 0 saturated heterocycles.